The zero-order valence-electron chi connectivity index (χ0n) is 12.2. The van der Waals surface area contributed by atoms with Gasteiger partial charge in [0.05, 0.1) is 12.0 Å². The third-order valence-corrected chi connectivity index (χ3v) is 5.04. The van der Waals surface area contributed by atoms with Crippen LogP contribution in [0, 0.1) is 0 Å². The first kappa shape index (κ1) is 16.9. The Hall–Kier alpha value is -1.11. The van der Waals surface area contributed by atoms with Gasteiger partial charge >= 0.3 is 0 Å². The summed E-state index contributed by atoms with van der Waals surface area (Å²) in [6.45, 7) is 3.83. The van der Waals surface area contributed by atoms with Crippen molar-refractivity contribution < 1.29 is 18.3 Å². The van der Waals surface area contributed by atoms with Crippen LogP contribution in [0.25, 0.3) is 0 Å². The number of sulfonamides is 1. The number of rotatable bonds is 8. The largest absolute Gasteiger partial charge is 0.497 e. The fraction of sp³-hybridized carbons (Fsp3) is 0.571. The lowest BCUT2D eigenvalue weighted by Crippen LogP contribution is -2.39. The predicted molar refractivity (Wildman–Crippen MR) is 78.1 cm³/mol. The van der Waals surface area contributed by atoms with Gasteiger partial charge in [0, 0.05) is 6.54 Å². The average Bonchev–Trinajstić information content (AvgIpc) is 2.43. The first-order valence-corrected chi connectivity index (χ1v) is 8.21. The summed E-state index contributed by atoms with van der Waals surface area (Å²) >= 11 is 0. The molecule has 6 heteroatoms. The van der Waals surface area contributed by atoms with Gasteiger partial charge in [-0.2, -0.15) is 4.31 Å². The molecule has 0 spiro atoms. The number of aliphatic hydroxyl groups is 1. The lowest BCUT2D eigenvalue weighted by Gasteiger charge is -2.24. The topological polar surface area (TPSA) is 66.8 Å². The Bertz CT molecular complexity index is 496. The molecular weight excluding hydrogens is 278 g/mol. The minimum Gasteiger partial charge on any atom is -0.497 e. The Morgan fingerprint density at radius 2 is 1.85 bits per heavy atom. The molecule has 0 aromatic heterocycles. The van der Waals surface area contributed by atoms with Gasteiger partial charge in [0.15, 0.2) is 0 Å². The summed E-state index contributed by atoms with van der Waals surface area (Å²) in [6.07, 6.45) is 1.62. The van der Waals surface area contributed by atoms with E-state index in [1.165, 1.54) is 26.2 Å². The second-order valence-electron chi connectivity index (χ2n) is 4.63. The summed E-state index contributed by atoms with van der Waals surface area (Å²) in [5, 5.41) is 9.73. The first-order chi connectivity index (χ1) is 9.43. The van der Waals surface area contributed by atoms with Crippen LogP contribution in [0.1, 0.15) is 33.1 Å². The Balaban J connectivity index is 2.96. The molecule has 0 aliphatic rings. The standard InChI is InChI=1S/C14H23NO4S/c1-4-5-6-11-15(12(2)16)20(17,18)14-9-7-13(19-3)8-10-14/h7-10,12,16H,4-6,11H2,1-3H3. The molecule has 1 N–H and O–H groups in total. The number of nitrogens with zero attached hydrogens (tertiary/aromatic N) is 1. The average molecular weight is 301 g/mol. The highest BCUT2D eigenvalue weighted by molar-refractivity contribution is 7.89. The third-order valence-electron chi connectivity index (χ3n) is 3.06. The number of hydrogen-bond acceptors (Lipinski definition) is 4. The van der Waals surface area contributed by atoms with Crippen LogP contribution in [0.5, 0.6) is 5.75 Å². The molecule has 0 heterocycles. The third kappa shape index (κ3) is 4.19. The lowest BCUT2D eigenvalue weighted by molar-refractivity contribution is 0.0791. The Morgan fingerprint density at radius 3 is 2.30 bits per heavy atom. The van der Waals surface area contributed by atoms with Crippen molar-refractivity contribution in [3.8, 4) is 5.75 Å². The van der Waals surface area contributed by atoms with Crippen LogP contribution < -0.4 is 4.74 Å². The number of benzene rings is 1. The second kappa shape index (κ2) is 7.61. The Labute approximate surface area is 121 Å². The summed E-state index contributed by atoms with van der Waals surface area (Å²) in [4.78, 5) is 0.163. The van der Waals surface area contributed by atoms with Crippen molar-refractivity contribution in [1.82, 2.24) is 4.31 Å². The summed E-state index contributed by atoms with van der Waals surface area (Å²) in [5.41, 5.74) is 0. The molecule has 1 unspecified atom stereocenters. The van der Waals surface area contributed by atoms with E-state index in [4.69, 9.17) is 4.74 Å². The van der Waals surface area contributed by atoms with Crippen LogP contribution in [0.4, 0.5) is 0 Å². The van der Waals surface area contributed by atoms with Crippen LogP contribution in [-0.2, 0) is 10.0 Å². The maximum Gasteiger partial charge on any atom is 0.245 e. The van der Waals surface area contributed by atoms with Crippen molar-refractivity contribution in [3.63, 3.8) is 0 Å². The minimum atomic E-state index is -3.68. The van der Waals surface area contributed by atoms with E-state index < -0.39 is 16.3 Å². The normalized spacial score (nSPS) is 13.4. The van der Waals surface area contributed by atoms with Crippen LogP contribution in [0.3, 0.4) is 0 Å². The number of aliphatic hydroxyl groups excluding tert-OH is 1. The van der Waals surface area contributed by atoms with Crippen molar-refractivity contribution in [2.24, 2.45) is 0 Å². The maximum absolute atomic E-state index is 12.5. The minimum absolute atomic E-state index is 0.163. The summed E-state index contributed by atoms with van der Waals surface area (Å²) < 4.78 is 31.1. The fourth-order valence-electron chi connectivity index (χ4n) is 1.91. The summed E-state index contributed by atoms with van der Waals surface area (Å²) in [7, 11) is -2.15. The van der Waals surface area contributed by atoms with Crippen LogP contribution >= 0.6 is 0 Å². The van der Waals surface area contributed by atoms with Gasteiger partial charge in [-0.05, 0) is 37.6 Å². The zero-order valence-corrected chi connectivity index (χ0v) is 13.1. The van der Waals surface area contributed by atoms with Crippen molar-refractivity contribution in [2.75, 3.05) is 13.7 Å². The van der Waals surface area contributed by atoms with E-state index in [-0.39, 0.29) is 4.90 Å². The van der Waals surface area contributed by atoms with E-state index in [0.29, 0.717) is 12.3 Å². The molecule has 20 heavy (non-hydrogen) atoms. The molecule has 1 atom stereocenters. The van der Waals surface area contributed by atoms with Gasteiger partial charge < -0.3 is 9.84 Å². The predicted octanol–water partition coefficient (Wildman–Crippen LogP) is 2.21. The quantitative estimate of drug-likeness (QED) is 0.590. The van der Waals surface area contributed by atoms with Crippen LogP contribution in [0.2, 0.25) is 0 Å². The molecule has 0 saturated carbocycles. The molecule has 0 fully saturated rings. The first-order valence-electron chi connectivity index (χ1n) is 6.77. The van der Waals surface area contributed by atoms with Gasteiger partial charge in [-0.15, -0.1) is 0 Å². The lowest BCUT2D eigenvalue weighted by atomic mass is 10.2. The molecule has 1 aromatic carbocycles. The molecule has 5 nitrogen and oxygen atoms in total. The van der Waals surface area contributed by atoms with Crippen molar-refractivity contribution in [1.29, 1.82) is 0 Å². The zero-order chi connectivity index (χ0) is 15.2. The van der Waals surface area contributed by atoms with Crippen LogP contribution in [-0.4, -0.2) is 37.7 Å². The number of ether oxygens (including phenoxy) is 1. The van der Waals surface area contributed by atoms with Gasteiger partial charge in [0.25, 0.3) is 0 Å². The molecule has 1 rings (SSSR count). The van der Waals surface area contributed by atoms with E-state index in [1.54, 1.807) is 12.1 Å². The van der Waals surface area contributed by atoms with Gasteiger partial charge in [0.1, 0.15) is 12.0 Å². The van der Waals surface area contributed by atoms with E-state index in [0.717, 1.165) is 23.6 Å². The summed E-state index contributed by atoms with van der Waals surface area (Å²) in [5.74, 6) is 0.596. The van der Waals surface area contributed by atoms with Gasteiger partial charge in [-0.25, -0.2) is 8.42 Å². The maximum atomic E-state index is 12.5. The van der Waals surface area contributed by atoms with Gasteiger partial charge in [-0.3, -0.25) is 0 Å². The highest BCUT2D eigenvalue weighted by atomic mass is 32.2. The van der Waals surface area contributed by atoms with Crippen molar-refractivity contribution in [2.45, 2.75) is 44.2 Å². The van der Waals surface area contributed by atoms with E-state index in [1.807, 2.05) is 6.92 Å². The summed E-state index contributed by atoms with van der Waals surface area (Å²) in [6, 6.07) is 6.17. The Morgan fingerprint density at radius 1 is 1.25 bits per heavy atom. The van der Waals surface area contributed by atoms with E-state index in [2.05, 4.69) is 0 Å². The molecule has 0 aliphatic heterocycles. The molecule has 0 saturated heterocycles. The highest BCUT2D eigenvalue weighted by Gasteiger charge is 2.27. The molecule has 0 aliphatic carbocycles. The highest BCUT2D eigenvalue weighted by Crippen LogP contribution is 2.21. The number of hydrogen-bond donors (Lipinski definition) is 1. The van der Waals surface area contributed by atoms with Gasteiger partial charge in [-0.1, -0.05) is 19.8 Å². The number of methoxy groups -OCH3 is 1. The molecule has 0 radical (unpaired) electrons. The molecule has 0 amide bonds. The second-order valence-corrected chi connectivity index (χ2v) is 6.52. The molecule has 1 aromatic rings. The SMILES string of the molecule is CCCCCN(C(C)O)S(=O)(=O)c1ccc(OC)cc1. The van der Waals surface area contributed by atoms with Gasteiger partial charge in [0.2, 0.25) is 10.0 Å². The monoisotopic (exact) mass is 301 g/mol. The van der Waals surface area contributed by atoms with E-state index in [9.17, 15) is 13.5 Å². The van der Waals surface area contributed by atoms with Crippen molar-refractivity contribution >= 4 is 10.0 Å². The molecule has 0 bridgehead atoms. The van der Waals surface area contributed by atoms with E-state index >= 15 is 0 Å². The Kier molecular flexibility index (Phi) is 6.45. The van der Waals surface area contributed by atoms with Crippen LogP contribution in [0.15, 0.2) is 29.2 Å². The smallest absolute Gasteiger partial charge is 0.245 e. The van der Waals surface area contributed by atoms with Crippen molar-refractivity contribution in [3.05, 3.63) is 24.3 Å². The molecular formula is C14H23NO4S. The molecule has 114 valence electrons. The number of unbranched alkanes of at least 4 members (excludes halogenated alkanes) is 2. The fourth-order valence-corrected chi connectivity index (χ4v) is 3.43.